The zero-order valence-corrected chi connectivity index (χ0v) is 22.3. The largest absolute Gasteiger partial charge is 0.493 e. The SMILES string of the molecule is COc1ccc(CNC(=O)C2CCN(S(=O)(=O)c3c(C)noc3/C=C/c3ccccc3F)CC2)cc1OC. The summed E-state index contributed by atoms with van der Waals surface area (Å²) in [4.78, 5) is 12.7. The number of hydrogen-bond donors (Lipinski definition) is 1. The van der Waals surface area contributed by atoms with E-state index >= 15 is 0 Å². The molecule has 1 saturated heterocycles. The maximum absolute atomic E-state index is 14.0. The predicted molar refractivity (Wildman–Crippen MR) is 139 cm³/mol. The van der Waals surface area contributed by atoms with Crippen LogP contribution in [0, 0.1) is 18.7 Å². The highest BCUT2D eigenvalue weighted by molar-refractivity contribution is 7.89. The Bertz CT molecular complexity index is 1430. The number of carbonyl (C=O) groups excluding carboxylic acids is 1. The summed E-state index contributed by atoms with van der Waals surface area (Å²) in [6.07, 6.45) is 3.60. The number of halogens is 1. The van der Waals surface area contributed by atoms with Gasteiger partial charge in [0.05, 0.1) is 14.2 Å². The normalized spacial score (nSPS) is 15.1. The fourth-order valence-electron chi connectivity index (χ4n) is 4.39. The molecular weight excluding hydrogens is 513 g/mol. The van der Waals surface area contributed by atoms with Crippen molar-refractivity contribution in [2.75, 3.05) is 27.3 Å². The van der Waals surface area contributed by atoms with Gasteiger partial charge in [-0.3, -0.25) is 4.79 Å². The number of benzene rings is 2. The molecule has 38 heavy (non-hydrogen) atoms. The van der Waals surface area contributed by atoms with Crippen LogP contribution in [0.3, 0.4) is 0 Å². The van der Waals surface area contributed by atoms with Crippen LogP contribution in [-0.4, -0.2) is 51.1 Å². The van der Waals surface area contributed by atoms with Crippen LogP contribution < -0.4 is 14.8 Å². The Morgan fingerprint density at radius 3 is 2.53 bits per heavy atom. The van der Waals surface area contributed by atoms with E-state index in [-0.39, 0.29) is 41.3 Å². The van der Waals surface area contributed by atoms with Crippen molar-refractivity contribution in [2.24, 2.45) is 5.92 Å². The Hall–Kier alpha value is -3.70. The molecule has 0 atom stereocenters. The van der Waals surface area contributed by atoms with Gasteiger partial charge >= 0.3 is 0 Å². The average molecular weight is 544 g/mol. The van der Waals surface area contributed by atoms with Crippen LogP contribution in [0.1, 0.15) is 35.4 Å². The van der Waals surface area contributed by atoms with Gasteiger partial charge in [-0.05, 0) is 55.7 Å². The lowest BCUT2D eigenvalue weighted by Crippen LogP contribution is -2.43. The number of piperidine rings is 1. The number of aromatic nitrogens is 1. The van der Waals surface area contributed by atoms with Gasteiger partial charge in [0.2, 0.25) is 15.9 Å². The number of nitrogens with zero attached hydrogens (tertiary/aromatic N) is 2. The lowest BCUT2D eigenvalue weighted by molar-refractivity contribution is -0.126. The molecule has 2 aromatic carbocycles. The van der Waals surface area contributed by atoms with Crippen molar-refractivity contribution < 1.29 is 31.6 Å². The van der Waals surface area contributed by atoms with Crippen LogP contribution >= 0.6 is 0 Å². The van der Waals surface area contributed by atoms with Gasteiger partial charge in [-0.15, -0.1) is 0 Å². The molecule has 1 N–H and O–H groups in total. The number of sulfonamides is 1. The second kappa shape index (κ2) is 11.8. The molecule has 1 aliphatic rings. The fourth-order valence-corrected chi connectivity index (χ4v) is 6.11. The average Bonchev–Trinajstić information content (AvgIpc) is 3.32. The molecule has 3 aromatic rings. The molecule has 2 heterocycles. The number of carbonyl (C=O) groups is 1. The predicted octanol–water partition coefficient (Wildman–Crippen LogP) is 4.03. The van der Waals surface area contributed by atoms with Gasteiger partial charge < -0.3 is 19.3 Å². The number of aryl methyl sites for hydroxylation is 1. The van der Waals surface area contributed by atoms with E-state index in [0.29, 0.717) is 36.4 Å². The van der Waals surface area contributed by atoms with Crippen LogP contribution in [-0.2, 0) is 21.4 Å². The molecule has 0 spiro atoms. The molecule has 202 valence electrons. The van der Waals surface area contributed by atoms with Gasteiger partial charge in [0, 0.05) is 31.1 Å². The van der Waals surface area contributed by atoms with Gasteiger partial charge in [0.15, 0.2) is 22.2 Å². The Labute approximate surface area is 221 Å². The topological polar surface area (TPSA) is 111 Å². The second-order valence-electron chi connectivity index (χ2n) is 8.90. The Morgan fingerprint density at radius 2 is 1.84 bits per heavy atom. The summed E-state index contributed by atoms with van der Waals surface area (Å²) in [6, 6.07) is 11.6. The lowest BCUT2D eigenvalue weighted by Gasteiger charge is -2.30. The van der Waals surface area contributed by atoms with Gasteiger partial charge in [-0.1, -0.05) is 29.4 Å². The van der Waals surface area contributed by atoms with E-state index in [2.05, 4.69) is 10.5 Å². The van der Waals surface area contributed by atoms with E-state index in [9.17, 15) is 17.6 Å². The first-order valence-corrected chi connectivity index (χ1v) is 13.6. The minimum Gasteiger partial charge on any atom is -0.493 e. The van der Waals surface area contributed by atoms with E-state index in [1.165, 1.54) is 22.5 Å². The summed E-state index contributed by atoms with van der Waals surface area (Å²) in [5.74, 6) is 0.323. The molecule has 1 fully saturated rings. The fraction of sp³-hybridized carbons (Fsp3) is 0.333. The molecule has 0 saturated carbocycles. The third-order valence-corrected chi connectivity index (χ3v) is 8.55. The maximum Gasteiger partial charge on any atom is 0.248 e. The van der Waals surface area contributed by atoms with Crippen LogP contribution in [0.25, 0.3) is 12.2 Å². The van der Waals surface area contributed by atoms with E-state index in [0.717, 1.165) is 5.56 Å². The lowest BCUT2D eigenvalue weighted by atomic mass is 9.97. The summed E-state index contributed by atoms with van der Waals surface area (Å²) >= 11 is 0. The Kier molecular flexibility index (Phi) is 8.48. The molecule has 1 amide bonds. The van der Waals surface area contributed by atoms with Gasteiger partial charge in [-0.25, -0.2) is 12.8 Å². The standard InChI is InChI=1S/C27H30FN3O6S/c1-18-26(24(37-30-18)11-9-20-6-4-5-7-22(20)28)38(33,34)31-14-12-21(13-15-31)27(32)29-17-19-8-10-23(35-2)25(16-19)36-3/h4-11,16,21H,12-15,17H2,1-3H3,(H,29,32)/b11-9+. The van der Waals surface area contributed by atoms with Gasteiger partial charge in [0.25, 0.3) is 0 Å². The summed E-state index contributed by atoms with van der Waals surface area (Å²) < 4.78 is 58.0. The van der Waals surface area contributed by atoms with Crippen LogP contribution in [0.4, 0.5) is 4.39 Å². The van der Waals surface area contributed by atoms with Crippen molar-refractivity contribution in [3.63, 3.8) is 0 Å². The molecule has 0 bridgehead atoms. The molecule has 4 rings (SSSR count). The molecule has 1 aliphatic heterocycles. The number of rotatable bonds is 9. The Morgan fingerprint density at radius 1 is 1.13 bits per heavy atom. The first-order valence-electron chi connectivity index (χ1n) is 12.1. The van der Waals surface area contributed by atoms with Crippen LogP contribution in [0.15, 0.2) is 51.9 Å². The monoisotopic (exact) mass is 543 g/mol. The van der Waals surface area contributed by atoms with E-state index in [4.69, 9.17) is 14.0 Å². The third-order valence-electron chi connectivity index (χ3n) is 6.49. The molecule has 11 heteroatoms. The summed E-state index contributed by atoms with van der Waals surface area (Å²) in [5.41, 5.74) is 1.37. The molecule has 0 radical (unpaired) electrons. The van der Waals surface area contributed by atoms with Gasteiger partial charge in [0.1, 0.15) is 11.5 Å². The molecular formula is C27H30FN3O6S. The van der Waals surface area contributed by atoms with Crippen molar-refractivity contribution in [1.82, 2.24) is 14.8 Å². The number of ether oxygens (including phenoxy) is 2. The van der Waals surface area contributed by atoms with E-state index in [1.54, 1.807) is 51.5 Å². The molecule has 9 nitrogen and oxygen atoms in total. The second-order valence-corrected chi connectivity index (χ2v) is 10.8. The van der Waals surface area contributed by atoms with Crippen molar-refractivity contribution in [3.05, 3.63) is 70.9 Å². The first-order chi connectivity index (χ1) is 18.2. The number of methoxy groups -OCH3 is 2. The van der Waals surface area contributed by atoms with Crippen LogP contribution in [0.2, 0.25) is 0 Å². The van der Waals surface area contributed by atoms with Crippen LogP contribution in [0.5, 0.6) is 11.5 Å². The van der Waals surface area contributed by atoms with E-state index < -0.39 is 15.8 Å². The number of amides is 1. The smallest absolute Gasteiger partial charge is 0.248 e. The van der Waals surface area contributed by atoms with E-state index in [1.807, 2.05) is 6.07 Å². The molecule has 1 aromatic heterocycles. The van der Waals surface area contributed by atoms with Gasteiger partial charge in [-0.2, -0.15) is 4.31 Å². The van der Waals surface area contributed by atoms with Crippen molar-refractivity contribution >= 4 is 28.1 Å². The summed E-state index contributed by atoms with van der Waals surface area (Å²) in [6.45, 7) is 2.22. The Balaban J connectivity index is 1.39. The minimum absolute atomic E-state index is 0.0283. The van der Waals surface area contributed by atoms with Crippen molar-refractivity contribution in [1.29, 1.82) is 0 Å². The number of hydrogen-bond acceptors (Lipinski definition) is 7. The van der Waals surface area contributed by atoms with Crippen molar-refractivity contribution in [3.8, 4) is 11.5 Å². The summed E-state index contributed by atoms with van der Waals surface area (Å²) in [5, 5.41) is 6.75. The quantitative estimate of drug-likeness (QED) is 0.434. The highest BCUT2D eigenvalue weighted by Crippen LogP contribution is 2.30. The van der Waals surface area contributed by atoms with Crippen molar-refractivity contribution in [2.45, 2.75) is 31.2 Å². The number of nitrogens with one attached hydrogen (secondary N) is 1. The zero-order valence-electron chi connectivity index (χ0n) is 21.4. The highest BCUT2D eigenvalue weighted by Gasteiger charge is 2.35. The first kappa shape index (κ1) is 27.3. The molecule has 0 aliphatic carbocycles. The highest BCUT2D eigenvalue weighted by atomic mass is 32.2. The maximum atomic E-state index is 14.0. The third kappa shape index (κ3) is 5.89. The zero-order chi connectivity index (χ0) is 27.3. The summed E-state index contributed by atoms with van der Waals surface area (Å²) in [7, 11) is -0.836. The molecule has 0 unspecified atom stereocenters. The minimum atomic E-state index is -3.94.